The second-order valence-electron chi connectivity index (χ2n) is 12.0. The van der Waals surface area contributed by atoms with Crippen LogP contribution in [0.1, 0.15) is 33.3 Å². The number of ether oxygens (including phenoxy) is 1. The van der Waals surface area contributed by atoms with Crippen LogP contribution in [0.2, 0.25) is 0 Å². The van der Waals surface area contributed by atoms with Gasteiger partial charge < -0.3 is 25.4 Å². The Morgan fingerprint density at radius 2 is 1.87 bits per heavy atom. The number of carbonyl (C=O) groups is 4. The second-order valence-corrected chi connectivity index (χ2v) is 13.8. The summed E-state index contributed by atoms with van der Waals surface area (Å²) in [4.78, 5) is 59.0. The van der Waals surface area contributed by atoms with E-state index in [-0.39, 0.29) is 24.8 Å². The number of pyridine rings is 1. The lowest BCUT2D eigenvalue weighted by molar-refractivity contribution is -0.147. The van der Waals surface area contributed by atoms with Gasteiger partial charge in [0.1, 0.15) is 17.8 Å². The molecule has 2 aromatic carbocycles. The van der Waals surface area contributed by atoms with Gasteiger partial charge in [-0.25, -0.2) is 0 Å². The largest absolute Gasteiger partial charge is 0.483 e. The molecule has 11 nitrogen and oxygen atoms in total. The quantitative estimate of drug-likeness (QED) is 0.249. The highest BCUT2D eigenvalue weighted by molar-refractivity contribution is 7.99. The van der Waals surface area contributed by atoms with Gasteiger partial charge in [0.25, 0.3) is 11.8 Å². The van der Waals surface area contributed by atoms with Gasteiger partial charge in [0.15, 0.2) is 12.7 Å². The molecule has 2 heterocycles. The number of benzene rings is 2. The van der Waals surface area contributed by atoms with Crippen molar-refractivity contribution in [3.8, 4) is 5.75 Å². The number of rotatable bonds is 12. The van der Waals surface area contributed by atoms with E-state index < -0.39 is 47.5 Å². The summed E-state index contributed by atoms with van der Waals surface area (Å²) < 4.78 is 7.16. The van der Waals surface area contributed by atoms with Gasteiger partial charge in [0.2, 0.25) is 11.8 Å². The van der Waals surface area contributed by atoms with Crippen molar-refractivity contribution in [3.05, 3.63) is 72.6 Å². The Labute approximate surface area is 278 Å². The summed E-state index contributed by atoms with van der Waals surface area (Å²) in [5.74, 6) is -0.774. The number of thioether (sulfide) groups is 1. The first-order valence-corrected chi connectivity index (χ1v) is 17.3. The number of aliphatic hydroxyl groups is 1. The van der Waals surface area contributed by atoms with Crippen molar-refractivity contribution in [2.75, 3.05) is 24.5 Å². The van der Waals surface area contributed by atoms with Crippen molar-refractivity contribution in [1.82, 2.24) is 24.8 Å². The second kappa shape index (κ2) is 15.7. The summed E-state index contributed by atoms with van der Waals surface area (Å²) in [5.41, 5.74) is 0.303. The number of nitrogens with one attached hydrogen (secondary N) is 2. The van der Waals surface area contributed by atoms with Gasteiger partial charge in [-0.15, -0.1) is 11.8 Å². The minimum absolute atomic E-state index is 0.151. The molecule has 0 aliphatic carbocycles. The molecule has 4 amide bonds. The Bertz CT molecular complexity index is 1530. The normalized spacial score (nSPS) is 16.7. The molecule has 4 rings (SSSR count). The molecule has 0 unspecified atom stereocenters. The van der Waals surface area contributed by atoms with Crippen molar-refractivity contribution in [1.29, 1.82) is 0 Å². The maximum atomic E-state index is 13.7. The van der Waals surface area contributed by atoms with Crippen LogP contribution in [0.3, 0.4) is 0 Å². The number of nitrogens with zero attached hydrogens (tertiary/aromatic N) is 3. The monoisotopic (exact) mass is 667 g/mol. The van der Waals surface area contributed by atoms with Crippen molar-refractivity contribution in [3.63, 3.8) is 0 Å². The maximum Gasteiger partial charge on any atom is 0.271 e. The molecule has 0 radical (unpaired) electrons. The zero-order valence-corrected chi connectivity index (χ0v) is 28.3. The predicted octanol–water partition coefficient (Wildman–Crippen LogP) is 3.01. The van der Waals surface area contributed by atoms with E-state index in [9.17, 15) is 24.3 Å². The van der Waals surface area contributed by atoms with E-state index in [2.05, 4.69) is 15.6 Å². The minimum atomic E-state index is -1.64. The summed E-state index contributed by atoms with van der Waals surface area (Å²) in [6.07, 6.45) is 3.55. The van der Waals surface area contributed by atoms with Gasteiger partial charge in [-0.2, -0.15) is 0 Å². The lowest BCUT2D eigenvalue weighted by Crippen LogP contribution is -2.59. The highest BCUT2D eigenvalue weighted by Crippen LogP contribution is 2.26. The van der Waals surface area contributed by atoms with Crippen LogP contribution in [-0.2, 0) is 25.6 Å². The minimum Gasteiger partial charge on any atom is -0.483 e. The summed E-state index contributed by atoms with van der Waals surface area (Å²) >= 11 is 2.50. The third kappa shape index (κ3) is 8.92. The van der Waals surface area contributed by atoms with Crippen molar-refractivity contribution >= 4 is 58.1 Å². The molecule has 1 aliphatic heterocycles. The highest BCUT2D eigenvalue weighted by atomic mass is 32.2. The van der Waals surface area contributed by atoms with Crippen molar-refractivity contribution < 1.29 is 29.0 Å². The van der Waals surface area contributed by atoms with Crippen LogP contribution in [0.4, 0.5) is 0 Å². The smallest absolute Gasteiger partial charge is 0.271 e. The zero-order chi connectivity index (χ0) is 33.4. The molecule has 4 atom stereocenters. The maximum absolute atomic E-state index is 13.7. The van der Waals surface area contributed by atoms with E-state index in [1.165, 1.54) is 21.0 Å². The van der Waals surface area contributed by atoms with Gasteiger partial charge in [-0.05, 0) is 51.8 Å². The summed E-state index contributed by atoms with van der Waals surface area (Å²) in [5, 5.41) is 18.8. The van der Waals surface area contributed by atoms with Gasteiger partial charge in [-0.1, -0.05) is 54.4 Å². The fourth-order valence-electron chi connectivity index (χ4n) is 5.09. The number of fused-ring (bicyclic) bond motifs is 1. The topological polar surface area (TPSA) is 141 Å². The molecule has 1 aromatic heterocycles. The lowest BCUT2D eigenvalue weighted by Gasteiger charge is -2.32. The van der Waals surface area contributed by atoms with E-state index >= 15 is 0 Å². The molecule has 46 heavy (non-hydrogen) atoms. The number of aliphatic hydroxyl groups excluding tert-OH is 1. The first-order valence-electron chi connectivity index (χ1n) is 14.9. The average molecular weight is 668 g/mol. The van der Waals surface area contributed by atoms with Crippen molar-refractivity contribution in [2.45, 2.75) is 63.9 Å². The molecule has 1 fully saturated rings. The molecule has 0 saturated carbocycles. The number of hydrogen-bond donors (Lipinski definition) is 3. The Balaban J connectivity index is 1.47. The fraction of sp³-hybridized carbons (Fsp3) is 0.424. The standard InChI is InChI=1S/C33H41N5O6S2/c1-21(38(45-5)28(39)18-44-27-13-9-12-23-17-34-15-14-24(23)27)30(41)35-25(16-22-10-7-6-8-11-22)29(40)32(43)37-20-46-19-26(37)31(42)36-33(2,3)4/h6-15,17,21,25-26,29,40H,16,18-20H2,1-5H3,(H,35,41)(H,36,42)/t21-,25-,26-,29-/m0/s1. The molecule has 13 heteroatoms. The first-order chi connectivity index (χ1) is 21.9. The Morgan fingerprint density at radius 1 is 1.13 bits per heavy atom. The zero-order valence-electron chi connectivity index (χ0n) is 26.6. The number of carbonyl (C=O) groups excluding carboxylic acids is 4. The van der Waals surface area contributed by atoms with Crippen LogP contribution in [0.25, 0.3) is 10.8 Å². The van der Waals surface area contributed by atoms with Crippen LogP contribution in [0.5, 0.6) is 5.75 Å². The van der Waals surface area contributed by atoms with Crippen LogP contribution >= 0.6 is 23.7 Å². The van der Waals surface area contributed by atoms with E-state index in [1.807, 2.05) is 63.2 Å². The van der Waals surface area contributed by atoms with Crippen molar-refractivity contribution in [2.24, 2.45) is 0 Å². The molecule has 246 valence electrons. The number of aromatic nitrogens is 1. The third-order valence-corrected chi connectivity index (χ3v) is 9.32. The molecule has 3 aromatic rings. The van der Waals surface area contributed by atoms with Crippen LogP contribution < -0.4 is 15.4 Å². The summed E-state index contributed by atoms with van der Waals surface area (Å²) in [6, 6.07) is 13.7. The van der Waals surface area contributed by atoms with E-state index in [0.717, 1.165) is 28.3 Å². The van der Waals surface area contributed by atoms with Gasteiger partial charge in [-0.3, -0.25) is 28.5 Å². The van der Waals surface area contributed by atoms with Gasteiger partial charge in [0, 0.05) is 40.7 Å². The van der Waals surface area contributed by atoms with Crippen LogP contribution in [0.15, 0.2) is 67.0 Å². The molecule has 3 N–H and O–H groups in total. The van der Waals surface area contributed by atoms with E-state index in [4.69, 9.17) is 4.74 Å². The Hall–Kier alpha value is -3.81. The lowest BCUT2D eigenvalue weighted by atomic mass is 9.99. The summed E-state index contributed by atoms with van der Waals surface area (Å²) in [7, 11) is 0. The van der Waals surface area contributed by atoms with Crippen LogP contribution in [-0.4, -0.2) is 97.2 Å². The van der Waals surface area contributed by atoms with Gasteiger partial charge in [0.05, 0.1) is 11.9 Å². The highest BCUT2D eigenvalue weighted by Gasteiger charge is 2.41. The third-order valence-electron chi connectivity index (χ3n) is 7.39. The van der Waals surface area contributed by atoms with E-state index in [0.29, 0.717) is 11.5 Å². The molecule has 1 saturated heterocycles. The molecule has 0 spiro atoms. The first kappa shape index (κ1) is 35.1. The number of hydrogen-bond acceptors (Lipinski definition) is 9. The Kier molecular flexibility index (Phi) is 11.9. The fourth-order valence-corrected chi connectivity index (χ4v) is 6.92. The SMILES string of the molecule is CSN(C(=O)COc1cccc2cnccc12)[C@@H](C)C(=O)N[C@@H](Cc1ccccc1)[C@H](O)C(=O)N1CSC[C@H]1C(=O)NC(C)(C)C. The molecule has 0 bridgehead atoms. The van der Waals surface area contributed by atoms with E-state index in [1.54, 1.807) is 37.7 Å². The summed E-state index contributed by atoms with van der Waals surface area (Å²) in [6.45, 7) is 6.84. The average Bonchev–Trinajstić information content (AvgIpc) is 3.53. The molecular weight excluding hydrogens is 627 g/mol. The Morgan fingerprint density at radius 3 is 2.57 bits per heavy atom. The predicted molar refractivity (Wildman–Crippen MR) is 181 cm³/mol. The molecular formula is C33H41N5O6S2. The number of amides is 4. The molecule has 1 aliphatic rings. The van der Waals surface area contributed by atoms with Gasteiger partial charge >= 0.3 is 0 Å². The van der Waals surface area contributed by atoms with Crippen LogP contribution in [0, 0.1) is 0 Å².